The van der Waals surface area contributed by atoms with Gasteiger partial charge >= 0.3 is 0 Å². The molecule has 2 aromatic rings. The third kappa shape index (κ3) is 4.04. The van der Waals surface area contributed by atoms with Crippen LogP contribution in [0.25, 0.3) is 0 Å². The van der Waals surface area contributed by atoms with Crippen molar-refractivity contribution in [1.82, 2.24) is 14.9 Å². The zero-order valence-corrected chi connectivity index (χ0v) is 14.1. The van der Waals surface area contributed by atoms with Crippen molar-refractivity contribution in [1.29, 1.82) is 0 Å². The summed E-state index contributed by atoms with van der Waals surface area (Å²) in [5.74, 6) is 1.88. The van der Waals surface area contributed by atoms with Crippen molar-refractivity contribution in [2.75, 3.05) is 6.61 Å². The van der Waals surface area contributed by atoms with E-state index in [2.05, 4.69) is 36.1 Å². The van der Waals surface area contributed by atoms with Gasteiger partial charge in [-0.25, -0.2) is 0 Å². The number of aromatic nitrogens is 3. The van der Waals surface area contributed by atoms with E-state index < -0.39 is 0 Å². The molecule has 1 N–H and O–H groups in total. The van der Waals surface area contributed by atoms with E-state index in [-0.39, 0.29) is 5.92 Å². The van der Waals surface area contributed by atoms with Gasteiger partial charge in [0.25, 0.3) is 0 Å². The molecule has 0 amide bonds. The lowest BCUT2D eigenvalue weighted by atomic mass is 10.2. The fraction of sp³-hybridized carbons (Fsp3) is 0.438. The van der Waals surface area contributed by atoms with E-state index in [1.54, 1.807) is 10.9 Å². The molecule has 1 heterocycles. The molecule has 0 aliphatic rings. The van der Waals surface area contributed by atoms with Crippen LogP contribution >= 0.6 is 12.2 Å². The highest BCUT2D eigenvalue weighted by Gasteiger charge is 2.09. The lowest BCUT2D eigenvalue weighted by molar-refractivity contribution is 0.309. The summed E-state index contributed by atoms with van der Waals surface area (Å²) < 4.78 is 7.95. The zero-order valence-electron chi connectivity index (χ0n) is 13.2. The molecule has 1 aromatic carbocycles. The van der Waals surface area contributed by atoms with Crippen molar-refractivity contribution in [2.45, 2.75) is 39.5 Å². The lowest BCUT2D eigenvalue weighted by Crippen LogP contribution is -2.02. The molecule has 0 saturated heterocycles. The summed E-state index contributed by atoms with van der Waals surface area (Å²) in [7, 11) is 0. The normalized spacial score (nSPS) is 11.5. The van der Waals surface area contributed by atoms with E-state index in [0.29, 0.717) is 11.4 Å². The van der Waals surface area contributed by atoms with Crippen LogP contribution < -0.4 is 4.74 Å². The molecule has 0 atom stereocenters. The third-order valence-corrected chi connectivity index (χ3v) is 3.44. The maximum absolute atomic E-state index is 5.81. The van der Waals surface area contributed by atoms with Gasteiger partial charge in [0, 0.05) is 11.5 Å². The van der Waals surface area contributed by atoms with Gasteiger partial charge in [-0.3, -0.25) is 5.10 Å². The molecule has 0 unspecified atom stereocenters. The SMILES string of the molecule is CCCCOc1ccccc1/C=N\n1c(C(C)C)n[nH]c1=S. The Morgan fingerprint density at radius 1 is 1.41 bits per heavy atom. The maximum atomic E-state index is 5.81. The molecular formula is C16H22N4OS. The second-order valence-electron chi connectivity index (χ2n) is 5.34. The Labute approximate surface area is 136 Å². The van der Waals surface area contributed by atoms with E-state index in [0.717, 1.165) is 30.0 Å². The van der Waals surface area contributed by atoms with Gasteiger partial charge in [-0.05, 0) is 30.8 Å². The maximum Gasteiger partial charge on any atom is 0.216 e. The van der Waals surface area contributed by atoms with E-state index >= 15 is 0 Å². The summed E-state index contributed by atoms with van der Waals surface area (Å²) in [6.07, 6.45) is 3.91. The molecule has 0 radical (unpaired) electrons. The number of benzene rings is 1. The van der Waals surface area contributed by atoms with Gasteiger partial charge in [0.1, 0.15) is 5.75 Å². The van der Waals surface area contributed by atoms with Gasteiger partial charge < -0.3 is 4.74 Å². The number of aromatic amines is 1. The summed E-state index contributed by atoms with van der Waals surface area (Å²) in [6.45, 7) is 6.96. The zero-order chi connectivity index (χ0) is 15.9. The van der Waals surface area contributed by atoms with Crippen LogP contribution in [-0.2, 0) is 0 Å². The third-order valence-electron chi connectivity index (χ3n) is 3.18. The summed E-state index contributed by atoms with van der Waals surface area (Å²) >= 11 is 5.23. The lowest BCUT2D eigenvalue weighted by Gasteiger charge is -2.08. The second-order valence-corrected chi connectivity index (χ2v) is 5.72. The number of unbranched alkanes of at least 4 members (excludes halogenated alkanes) is 1. The Morgan fingerprint density at radius 3 is 2.91 bits per heavy atom. The van der Waals surface area contributed by atoms with Crippen molar-refractivity contribution in [2.24, 2.45) is 5.10 Å². The molecule has 0 saturated carbocycles. The number of nitrogens with one attached hydrogen (secondary N) is 1. The van der Waals surface area contributed by atoms with Crippen LogP contribution in [0.2, 0.25) is 0 Å². The summed E-state index contributed by atoms with van der Waals surface area (Å²) in [5.41, 5.74) is 0.927. The highest BCUT2D eigenvalue weighted by atomic mass is 32.1. The molecule has 5 nitrogen and oxygen atoms in total. The molecule has 0 fully saturated rings. The number of hydrogen-bond donors (Lipinski definition) is 1. The van der Waals surface area contributed by atoms with Crippen LogP contribution in [0, 0.1) is 4.77 Å². The Morgan fingerprint density at radius 2 is 2.18 bits per heavy atom. The first-order valence-corrected chi connectivity index (χ1v) is 7.97. The van der Waals surface area contributed by atoms with Gasteiger partial charge in [-0.1, -0.05) is 39.3 Å². The van der Waals surface area contributed by atoms with E-state index in [9.17, 15) is 0 Å². The highest BCUT2D eigenvalue weighted by Crippen LogP contribution is 2.17. The molecule has 0 aliphatic carbocycles. The molecule has 2 rings (SSSR count). The molecular weight excluding hydrogens is 296 g/mol. The Bertz CT molecular complexity index is 687. The van der Waals surface area contributed by atoms with E-state index in [4.69, 9.17) is 17.0 Å². The highest BCUT2D eigenvalue weighted by molar-refractivity contribution is 7.71. The number of hydrogen-bond acceptors (Lipinski definition) is 4. The average Bonchev–Trinajstić information content (AvgIpc) is 2.88. The molecule has 1 aromatic heterocycles. The molecule has 6 heteroatoms. The molecule has 0 spiro atoms. The number of para-hydroxylation sites is 1. The molecule has 0 aliphatic heterocycles. The topological polar surface area (TPSA) is 55.2 Å². The largest absolute Gasteiger partial charge is 0.493 e. The predicted molar refractivity (Wildman–Crippen MR) is 91.3 cm³/mol. The van der Waals surface area contributed by atoms with Crippen LogP contribution in [0.3, 0.4) is 0 Å². The molecule has 118 valence electrons. The Hall–Kier alpha value is -1.95. The fourth-order valence-electron chi connectivity index (χ4n) is 1.95. The summed E-state index contributed by atoms with van der Waals surface area (Å²) in [4.78, 5) is 0. The van der Waals surface area contributed by atoms with Crippen LogP contribution in [0.15, 0.2) is 29.4 Å². The first-order chi connectivity index (χ1) is 10.6. The minimum Gasteiger partial charge on any atom is -0.493 e. The van der Waals surface area contributed by atoms with Crippen molar-refractivity contribution in [3.63, 3.8) is 0 Å². The van der Waals surface area contributed by atoms with Gasteiger partial charge in [-0.15, -0.1) is 0 Å². The van der Waals surface area contributed by atoms with Crippen LogP contribution in [-0.4, -0.2) is 27.7 Å². The van der Waals surface area contributed by atoms with Gasteiger partial charge in [0.15, 0.2) is 5.82 Å². The van der Waals surface area contributed by atoms with E-state index in [1.807, 2.05) is 24.3 Å². The van der Waals surface area contributed by atoms with Crippen LogP contribution in [0.1, 0.15) is 50.9 Å². The number of rotatable bonds is 7. The predicted octanol–water partition coefficient (Wildman–Crippen LogP) is 4.13. The van der Waals surface area contributed by atoms with Crippen molar-refractivity contribution in [3.05, 3.63) is 40.4 Å². The molecule has 0 bridgehead atoms. The standard InChI is InChI=1S/C16H22N4OS/c1-4-5-10-21-14-9-7-6-8-13(14)11-17-20-15(12(2)3)18-19-16(20)22/h6-9,11-12H,4-5,10H2,1-3H3,(H,19,22)/b17-11-. The van der Waals surface area contributed by atoms with Gasteiger partial charge in [0.2, 0.25) is 4.77 Å². The van der Waals surface area contributed by atoms with Gasteiger partial charge in [-0.2, -0.15) is 14.9 Å². The van der Waals surface area contributed by atoms with Crippen molar-refractivity contribution in [3.8, 4) is 5.75 Å². The van der Waals surface area contributed by atoms with Gasteiger partial charge in [0.05, 0.1) is 12.8 Å². The second kappa shape index (κ2) is 7.89. The first-order valence-electron chi connectivity index (χ1n) is 7.57. The fourth-order valence-corrected chi connectivity index (χ4v) is 2.14. The summed E-state index contributed by atoms with van der Waals surface area (Å²) in [5, 5.41) is 11.5. The van der Waals surface area contributed by atoms with Crippen LogP contribution in [0.5, 0.6) is 5.75 Å². The minimum atomic E-state index is 0.237. The number of nitrogens with zero attached hydrogens (tertiary/aromatic N) is 3. The Kier molecular flexibility index (Phi) is 5.89. The number of ether oxygens (including phenoxy) is 1. The van der Waals surface area contributed by atoms with E-state index in [1.165, 1.54) is 0 Å². The van der Waals surface area contributed by atoms with Crippen molar-refractivity contribution < 1.29 is 4.74 Å². The monoisotopic (exact) mass is 318 g/mol. The minimum absolute atomic E-state index is 0.237. The number of H-pyrrole nitrogens is 1. The average molecular weight is 318 g/mol. The first kappa shape index (κ1) is 16.4. The molecule has 22 heavy (non-hydrogen) atoms. The van der Waals surface area contributed by atoms with Crippen LogP contribution in [0.4, 0.5) is 0 Å². The Balaban J connectivity index is 2.24. The smallest absolute Gasteiger partial charge is 0.216 e. The quantitative estimate of drug-likeness (QED) is 0.474. The summed E-state index contributed by atoms with van der Waals surface area (Å²) in [6, 6.07) is 7.85. The van der Waals surface area contributed by atoms with Crippen molar-refractivity contribution >= 4 is 18.4 Å².